The molecule has 0 spiro atoms. The Morgan fingerprint density at radius 2 is 1.50 bits per heavy atom. The summed E-state index contributed by atoms with van der Waals surface area (Å²) in [6, 6.07) is 34.3. The van der Waals surface area contributed by atoms with Gasteiger partial charge in [0.05, 0.1) is 18.5 Å². The topological polar surface area (TPSA) is 53.9 Å². The number of benzene rings is 4. The van der Waals surface area contributed by atoms with Gasteiger partial charge in [0.1, 0.15) is 11.7 Å². The van der Waals surface area contributed by atoms with E-state index in [9.17, 15) is 4.79 Å². The van der Waals surface area contributed by atoms with E-state index in [0.29, 0.717) is 5.75 Å². The molecule has 180 valence electrons. The number of anilines is 1. The van der Waals surface area contributed by atoms with Crippen molar-refractivity contribution in [3.63, 3.8) is 0 Å². The summed E-state index contributed by atoms with van der Waals surface area (Å²) in [4.78, 5) is 20.4. The fourth-order valence-corrected chi connectivity index (χ4v) is 4.62. The van der Waals surface area contributed by atoms with E-state index in [1.807, 2.05) is 66.7 Å². The van der Waals surface area contributed by atoms with Gasteiger partial charge in [0.2, 0.25) is 5.91 Å². The number of ether oxygens (including phenoxy) is 1. The van der Waals surface area contributed by atoms with Gasteiger partial charge in [0.25, 0.3) is 0 Å². The van der Waals surface area contributed by atoms with E-state index in [-0.39, 0.29) is 5.91 Å². The first-order chi connectivity index (χ1) is 17.6. The molecule has 1 heterocycles. The fourth-order valence-electron chi connectivity index (χ4n) is 4.62. The smallest absolute Gasteiger partial charge is 0.238 e. The van der Waals surface area contributed by atoms with E-state index in [1.165, 1.54) is 11.1 Å². The standard InChI is InChI=1S/C31H29N3O2/c1-34(20-22-9-5-3-6-10-22)21-23-13-15-25(16-14-23)32-30(24-11-7-4-8-12-24)29-27-18-17-26(36-2)19-28(27)33-31(29)35/h3-19,29H,20-21H2,1-2H3,(H,33,35). The second kappa shape index (κ2) is 10.6. The average Bonchev–Trinajstić information content (AvgIpc) is 3.23. The van der Waals surface area contributed by atoms with Crippen LogP contribution in [0.3, 0.4) is 0 Å². The molecule has 0 saturated carbocycles. The first kappa shape index (κ1) is 23.5. The lowest BCUT2D eigenvalue weighted by atomic mass is 9.90. The van der Waals surface area contributed by atoms with Crippen molar-refractivity contribution in [1.29, 1.82) is 0 Å². The second-order valence-corrected chi connectivity index (χ2v) is 9.06. The molecule has 36 heavy (non-hydrogen) atoms. The lowest BCUT2D eigenvalue weighted by molar-refractivity contribution is -0.115. The Bertz CT molecular complexity index is 1370. The van der Waals surface area contributed by atoms with E-state index < -0.39 is 5.92 Å². The normalized spacial score (nSPS) is 15.0. The van der Waals surface area contributed by atoms with Crippen LogP contribution < -0.4 is 10.1 Å². The summed E-state index contributed by atoms with van der Waals surface area (Å²) < 4.78 is 5.34. The molecule has 0 fully saturated rings. The first-order valence-electron chi connectivity index (χ1n) is 12.0. The molecule has 1 aliphatic heterocycles. The van der Waals surface area contributed by atoms with Crippen LogP contribution in [0.2, 0.25) is 0 Å². The highest BCUT2D eigenvalue weighted by Gasteiger charge is 2.35. The number of carbonyl (C=O) groups excluding carboxylic acids is 1. The van der Waals surface area contributed by atoms with Gasteiger partial charge in [0, 0.05) is 24.8 Å². The Morgan fingerprint density at radius 3 is 2.17 bits per heavy atom. The molecule has 4 aromatic carbocycles. The largest absolute Gasteiger partial charge is 0.497 e. The van der Waals surface area contributed by atoms with E-state index in [4.69, 9.17) is 9.73 Å². The Hall–Kier alpha value is -4.22. The zero-order valence-electron chi connectivity index (χ0n) is 20.5. The van der Waals surface area contributed by atoms with Gasteiger partial charge in [-0.1, -0.05) is 78.9 Å². The van der Waals surface area contributed by atoms with Crippen LogP contribution in [0.25, 0.3) is 0 Å². The van der Waals surface area contributed by atoms with Crippen LogP contribution in [0, 0.1) is 0 Å². The zero-order chi connectivity index (χ0) is 24.9. The number of hydrogen-bond acceptors (Lipinski definition) is 4. The molecule has 1 N–H and O–H groups in total. The van der Waals surface area contributed by atoms with Gasteiger partial charge in [-0.25, -0.2) is 0 Å². The first-order valence-corrected chi connectivity index (χ1v) is 12.0. The van der Waals surface area contributed by atoms with Gasteiger partial charge in [-0.15, -0.1) is 0 Å². The summed E-state index contributed by atoms with van der Waals surface area (Å²) in [6.07, 6.45) is 0. The average molecular weight is 476 g/mol. The summed E-state index contributed by atoms with van der Waals surface area (Å²) in [7, 11) is 3.74. The van der Waals surface area contributed by atoms with Gasteiger partial charge < -0.3 is 10.1 Å². The zero-order valence-corrected chi connectivity index (χ0v) is 20.5. The molecule has 1 unspecified atom stereocenters. The van der Waals surface area contributed by atoms with Crippen LogP contribution in [0.15, 0.2) is 108 Å². The Labute approximate surface area is 212 Å². The van der Waals surface area contributed by atoms with Gasteiger partial charge >= 0.3 is 0 Å². The van der Waals surface area contributed by atoms with E-state index in [2.05, 4.69) is 53.7 Å². The molecule has 1 atom stereocenters. The van der Waals surface area contributed by atoms with Crippen LogP contribution in [0.4, 0.5) is 11.4 Å². The molecule has 1 aliphatic rings. The summed E-state index contributed by atoms with van der Waals surface area (Å²) >= 11 is 0. The van der Waals surface area contributed by atoms with Crippen molar-refractivity contribution in [3.05, 3.63) is 125 Å². The Balaban J connectivity index is 1.42. The molecular weight excluding hydrogens is 446 g/mol. The van der Waals surface area contributed by atoms with Crippen molar-refractivity contribution in [2.75, 3.05) is 19.5 Å². The molecule has 4 aromatic rings. The van der Waals surface area contributed by atoms with Crippen LogP contribution in [0.1, 0.15) is 28.2 Å². The molecule has 0 radical (unpaired) electrons. The summed E-state index contributed by atoms with van der Waals surface area (Å²) in [6.45, 7) is 1.73. The van der Waals surface area contributed by atoms with Crippen molar-refractivity contribution in [1.82, 2.24) is 4.90 Å². The SMILES string of the molecule is COc1ccc2c(c1)NC(=O)C2C(=Nc1ccc(CN(C)Cc2ccccc2)cc1)c1ccccc1. The number of amides is 1. The predicted molar refractivity (Wildman–Crippen MR) is 145 cm³/mol. The van der Waals surface area contributed by atoms with Crippen LogP contribution in [-0.2, 0) is 17.9 Å². The lowest BCUT2D eigenvalue weighted by Crippen LogP contribution is -2.22. The molecule has 5 heteroatoms. The third-order valence-corrected chi connectivity index (χ3v) is 6.37. The van der Waals surface area contributed by atoms with Gasteiger partial charge in [-0.3, -0.25) is 14.7 Å². The number of nitrogens with one attached hydrogen (secondary N) is 1. The predicted octanol–water partition coefficient (Wildman–Crippen LogP) is 6.18. The van der Waals surface area contributed by atoms with Crippen molar-refractivity contribution >= 4 is 23.0 Å². The highest BCUT2D eigenvalue weighted by molar-refractivity contribution is 6.24. The third kappa shape index (κ3) is 5.21. The van der Waals surface area contributed by atoms with E-state index in [0.717, 1.165) is 41.3 Å². The molecule has 5 rings (SSSR count). The lowest BCUT2D eigenvalue weighted by Gasteiger charge is -2.17. The molecule has 1 amide bonds. The van der Waals surface area contributed by atoms with E-state index in [1.54, 1.807) is 7.11 Å². The highest BCUT2D eigenvalue weighted by atomic mass is 16.5. The van der Waals surface area contributed by atoms with Gasteiger partial charge in [-0.2, -0.15) is 0 Å². The number of nitrogens with zero attached hydrogens (tertiary/aromatic N) is 2. The molecule has 0 aromatic heterocycles. The third-order valence-electron chi connectivity index (χ3n) is 6.37. The Kier molecular flexibility index (Phi) is 6.92. The van der Waals surface area contributed by atoms with Crippen molar-refractivity contribution in [2.24, 2.45) is 4.99 Å². The molecule has 0 saturated heterocycles. The highest BCUT2D eigenvalue weighted by Crippen LogP contribution is 2.38. The number of aliphatic imine (C=N–C) groups is 1. The minimum Gasteiger partial charge on any atom is -0.497 e. The number of methoxy groups -OCH3 is 1. The second-order valence-electron chi connectivity index (χ2n) is 9.06. The maximum atomic E-state index is 13.1. The van der Waals surface area contributed by atoms with Crippen molar-refractivity contribution in [3.8, 4) is 5.75 Å². The van der Waals surface area contributed by atoms with Crippen molar-refractivity contribution < 1.29 is 9.53 Å². The van der Waals surface area contributed by atoms with Gasteiger partial charge in [0.15, 0.2) is 0 Å². The fraction of sp³-hybridized carbons (Fsp3) is 0.161. The minimum absolute atomic E-state index is 0.0833. The number of carbonyl (C=O) groups is 1. The monoisotopic (exact) mass is 475 g/mol. The van der Waals surface area contributed by atoms with Crippen LogP contribution in [0.5, 0.6) is 5.75 Å². The van der Waals surface area contributed by atoms with Crippen molar-refractivity contribution in [2.45, 2.75) is 19.0 Å². The maximum Gasteiger partial charge on any atom is 0.238 e. The quantitative estimate of drug-likeness (QED) is 0.310. The summed E-state index contributed by atoms with van der Waals surface area (Å²) in [5.41, 5.74) is 6.65. The minimum atomic E-state index is -0.495. The number of rotatable bonds is 8. The van der Waals surface area contributed by atoms with Crippen LogP contribution in [-0.4, -0.2) is 30.7 Å². The molecule has 5 nitrogen and oxygen atoms in total. The molecular formula is C31H29N3O2. The van der Waals surface area contributed by atoms with Gasteiger partial charge in [-0.05, 0) is 47.5 Å². The number of hydrogen-bond donors (Lipinski definition) is 1. The van der Waals surface area contributed by atoms with E-state index >= 15 is 0 Å². The molecule has 0 bridgehead atoms. The number of fused-ring (bicyclic) bond motifs is 1. The van der Waals surface area contributed by atoms with Crippen LogP contribution >= 0.6 is 0 Å². The Morgan fingerprint density at radius 1 is 0.861 bits per heavy atom. The summed E-state index contributed by atoms with van der Waals surface area (Å²) in [5.74, 6) is 0.130. The molecule has 0 aliphatic carbocycles. The maximum absolute atomic E-state index is 13.1. The summed E-state index contributed by atoms with van der Waals surface area (Å²) in [5, 5.41) is 3.00.